The van der Waals surface area contributed by atoms with Gasteiger partial charge in [-0.3, -0.25) is 0 Å². The quantitative estimate of drug-likeness (QED) is 0.874. The molecule has 20 heavy (non-hydrogen) atoms. The van der Waals surface area contributed by atoms with Crippen molar-refractivity contribution >= 4 is 0 Å². The molecule has 2 N–H and O–H groups in total. The first-order valence-electron chi connectivity index (χ1n) is 7.97. The largest absolute Gasteiger partial charge is 0.316 e. The van der Waals surface area contributed by atoms with Gasteiger partial charge in [0.05, 0.1) is 0 Å². The molecule has 0 spiro atoms. The Balaban J connectivity index is 2.10. The van der Waals surface area contributed by atoms with E-state index in [0.29, 0.717) is 23.4 Å². The van der Waals surface area contributed by atoms with Gasteiger partial charge in [0.25, 0.3) is 0 Å². The first-order chi connectivity index (χ1) is 9.46. The van der Waals surface area contributed by atoms with Crippen LogP contribution in [0.4, 0.5) is 0 Å². The van der Waals surface area contributed by atoms with Crippen LogP contribution in [0.5, 0.6) is 0 Å². The number of rotatable bonds is 4. The molecule has 1 aromatic carbocycles. The van der Waals surface area contributed by atoms with Crippen LogP contribution in [0.3, 0.4) is 0 Å². The Hall–Kier alpha value is -0.860. The Morgan fingerprint density at radius 1 is 1.25 bits per heavy atom. The number of nitrogens with one attached hydrogen (secondary N) is 2. The highest BCUT2D eigenvalue weighted by Crippen LogP contribution is 2.30. The predicted molar refractivity (Wildman–Crippen MR) is 86.8 cm³/mol. The maximum Gasteiger partial charge on any atom is 0.0327 e. The van der Waals surface area contributed by atoms with Crippen molar-refractivity contribution in [1.82, 2.24) is 10.6 Å². The molecule has 2 heteroatoms. The minimum atomic E-state index is 0.337. The molecule has 2 rings (SSSR count). The molecule has 2 nitrogen and oxygen atoms in total. The Bertz CT molecular complexity index is 394. The first kappa shape index (κ1) is 15.5. The highest BCUT2D eigenvalue weighted by molar-refractivity contribution is 5.19. The van der Waals surface area contributed by atoms with Gasteiger partial charge in [0.1, 0.15) is 0 Å². The van der Waals surface area contributed by atoms with Crippen molar-refractivity contribution in [3.8, 4) is 0 Å². The summed E-state index contributed by atoms with van der Waals surface area (Å²) in [6.45, 7) is 11.6. The third kappa shape index (κ3) is 4.60. The number of hydrogen-bond donors (Lipinski definition) is 2. The molecule has 0 aliphatic carbocycles. The first-order valence-corrected chi connectivity index (χ1v) is 7.97. The Kier molecular flexibility index (Phi) is 5.22. The van der Waals surface area contributed by atoms with E-state index < -0.39 is 0 Å². The smallest absolute Gasteiger partial charge is 0.0327 e. The summed E-state index contributed by atoms with van der Waals surface area (Å²) < 4.78 is 0. The fourth-order valence-electron chi connectivity index (χ4n) is 3.09. The zero-order valence-electron chi connectivity index (χ0n) is 13.4. The van der Waals surface area contributed by atoms with Crippen LogP contribution in [-0.4, -0.2) is 19.1 Å². The van der Waals surface area contributed by atoms with Crippen molar-refractivity contribution in [2.24, 2.45) is 11.3 Å². The van der Waals surface area contributed by atoms with Crippen molar-refractivity contribution in [1.29, 1.82) is 0 Å². The van der Waals surface area contributed by atoms with Gasteiger partial charge in [-0.1, -0.05) is 58.0 Å². The molecule has 1 aliphatic rings. The summed E-state index contributed by atoms with van der Waals surface area (Å²) in [4.78, 5) is 0. The zero-order valence-corrected chi connectivity index (χ0v) is 13.4. The van der Waals surface area contributed by atoms with E-state index in [1.165, 1.54) is 18.4 Å². The average molecular weight is 274 g/mol. The SMILES string of the molecule is CC1CNCCC1NC(CC(C)(C)C)c1ccccc1. The van der Waals surface area contributed by atoms with Crippen LogP contribution in [0.2, 0.25) is 0 Å². The van der Waals surface area contributed by atoms with E-state index in [0.717, 1.165) is 13.1 Å². The Morgan fingerprint density at radius 3 is 2.55 bits per heavy atom. The summed E-state index contributed by atoms with van der Waals surface area (Å²) >= 11 is 0. The topological polar surface area (TPSA) is 24.1 Å². The highest BCUT2D eigenvalue weighted by Gasteiger charge is 2.26. The Morgan fingerprint density at radius 2 is 1.95 bits per heavy atom. The minimum absolute atomic E-state index is 0.337. The fourth-order valence-corrected chi connectivity index (χ4v) is 3.09. The lowest BCUT2D eigenvalue weighted by molar-refractivity contribution is 0.234. The molecule has 1 aromatic rings. The molecule has 1 saturated heterocycles. The summed E-state index contributed by atoms with van der Waals surface area (Å²) in [5.74, 6) is 0.704. The van der Waals surface area contributed by atoms with Gasteiger partial charge in [0.2, 0.25) is 0 Å². The van der Waals surface area contributed by atoms with E-state index in [2.05, 4.69) is 68.7 Å². The molecule has 0 saturated carbocycles. The van der Waals surface area contributed by atoms with Gasteiger partial charge in [-0.15, -0.1) is 0 Å². The lowest BCUT2D eigenvalue weighted by Gasteiger charge is -2.36. The zero-order chi connectivity index (χ0) is 14.6. The van der Waals surface area contributed by atoms with Crippen LogP contribution in [0.1, 0.15) is 52.1 Å². The second kappa shape index (κ2) is 6.73. The van der Waals surface area contributed by atoms with E-state index in [1.54, 1.807) is 0 Å². The third-order valence-corrected chi connectivity index (χ3v) is 4.22. The molecular weight excluding hydrogens is 244 g/mol. The van der Waals surface area contributed by atoms with Crippen LogP contribution < -0.4 is 10.6 Å². The molecule has 3 unspecified atom stereocenters. The van der Waals surface area contributed by atoms with Crippen LogP contribution in [0.15, 0.2) is 30.3 Å². The van der Waals surface area contributed by atoms with Crippen molar-refractivity contribution in [3.63, 3.8) is 0 Å². The van der Waals surface area contributed by atoms with Crippen LogP contribution in [0, 0.1) is 11.3 Å². The van der Waals surface area contributed by atoms with Gasteiger partial charge < -0.3 is 10.6 Å². The van der Waals surface area contributed by atoms with Gasteiger partial charge in [-0.2, -0.15) is 0 Å². The molecule has 0 bridgehead atoms. The lowest BCUT2D eigenvalue weighted by atomic mass is 9.84. The summed E-state index contributed by atoms with van der Waals surface area (Å²) in [5.41, 5.74) is 1.76. The molecular formula is C18H30N2. The summed E-state index contributed by atoms with van der Waals surface area (Å²) in [6, 6.07) is 12.0. The van der Waals surface area contributed by atoms with Crippen molar-refractivity contribution < 1.29 is 0 Å². The van der Waals surface area contributed by atoms with Gasteiger partial charge in [-0.25, -0.2) is 0 Å². The second-order valence-electron chi connectivity index (χ2n) is 7.47. The summed E-state index contributed by atoms with van der Waals surface area (Å²) in [7, 11) is 0. The average Bonchev–Trinajstić information content (AvgIpc) is 2.40. The van der Waals surface area contributed by atoms with E-state index in [1.807, 2.05) is 0 Å². The normalized spacial score (nSPS) is 25.4. The highest BCUT2D eigenvalue weighted by atomic mass is 15.0. The van der Waals surface area contributed by atoms with Gasteiger partial charge in [-0.05, 0) is 42.8 Å². The molecule has 1 heterocycles. The molecule has 0 radical (unpaired) electrons. The number of piperidine rings is 1. The van der Waals surface area contributed by atoms with Crippen molar-refractivity contribution in [2.45, 2.75) is 52.6 Å². The predicted octanol–water partition coefficient (Wildman–Crippen LogP) is 3.75. The van der Waals surface area contributed by atoms with Gasteiger partial charge in [0.15, 0.2) is 0 Å². The van der Waals surface area contributed by atoms with Crippen molar-refractivity contribution in [2.75, 3.05) is 13.1 Å². The molecule has 3 atom stereocenters. The minimum Gasteiger partial charge on any atom is -0.316 e. The van der Waals surface area contributed by atoms with Crippen LogP contribution in [-0.2, 0) is 0 Å². The van der Waals surface area contributed by atoms with Gasteiger partial charge in [0, 0.05) is 12.1 Å². The molecule has 0 amide bonds. The van der Waals surface area contributed by atoms with E-state index in [-0.39, 0.29) is 0 Å². The maximum atomic E-state index is 3.94. The maximum absolute atomic E-state index is 3.94. The van der Waals surface area contributed by atoms with Crippen molar-refractivity contribution in [3.05, 3.63) is 35.9 Å². The van der Waals surface area contributed by atoms with E-state index >= 15 is 0 Å². The van der Waals surface area contributed by atoms with Gasteiger partial charge >= 0.3 is 0 Å². The second-order valence-corrected chi connectivity index (χ2v) is 7.47. The standard InChI is InChI=1S/C18H30N2/c1-14-13-19-11-10-16(14)20-17(12-18(2,3)4)15-8-6-5-7-9-15/h5-9,14,16-17,19-20H,10-13H2,1-4H3. The monoisotopic (exact) mass is 274 g/mol. The number of benzene rings is 1. The molecule has 0 aromatic heterocycles. The molecule has 1 fully saturated rings. The fraction of sp³-hybridized carbons (Fsp3) is 0.667. The summed E-state index contributed by atoms with van der Waals surface area (Å²) in [6.07, 6.45) is 2.41. The molecule has 1 aliphatic heterocycles. The summed E-state index contributed by atoms with van der Waals surface area (Å²) in [5, 5.41) is 7.42. The number of hydrogen-bond acceptors (Lipinski definition) is 2. The molecule has 112 valence electrons. The Labute approximate surface area is 124 Å². The van der Waals surface area contributed by atoms with E-state index in [4.69, 9.17) is 0 Å². The third-order valence-electron chi connectivity index (χ3n) is 4.22. The lowest BCUT2D eigenvalue weighted by Crippen LogP contribution is -2.47. The van der Waals surface area contributed by atoms with E-state index in [9.17, 15) is 0 Å². The van der Waals surface area contributed by atoms with Crippen LogP contribution >= 0.6 is 0 Å². The van der Waals surface area contributed by atoms with Crippen LogP contribution in [0.25, 0.3) is 0 Å².